The van der Waals surface area contributed by atoms with Gasteiger partial charge in [0.15, 0.2) is 11.5 Å². The number of hydrogen-bond acceptors (Lipinski definition) is 2. The monoisotopic (exact) mass is 464 g/mol. The van der Waals surface area contributed by atoms with Crippen LogP contribution < -0.4 is 0 Å². The smallest absolute Gasteiger partial charge is 0.297 e. The molecule has 184 valence electrons. The van der Waals surface area contributed by atoms with E-state index in [9.17, 15) is 18.0 Å². The van der Waals surface area contributed by atoms with Gasteiger partial charge in [0.1, 0.15) is 0 Å². The highest BCUT2D eigenvalue weighted by Gasteiger charge is 2.61. The molecule has 1 aromatic rings. The number of carbonyl (C=O) groups excluding carboxylic acids is 1. The van der Waals surface area contributed by atoms with Crippen molar-refractivity contribution in [3.05, 3.63) is 18.0 Å². The summed E-state index contributed by atoms with van der Waals surface area (Å²) in [6.45, 7) is 6.97. The summed E-state index contributed by atoms with van der Waals surface area (Å²) in [5.74, 6) is 5.35. The minimum absolute atomic E-state index is 0.0201. The van der Waals surface area contributed by atoms with E-state index in [0.717, 1.165) is 54.9 Å². The molecule has 4 saturated carbocycles. The van der Waals surface area contributed by atoms with Gasteiger partial charge in [-0.2, -0.15) is 18.3 Å². The van der Waals surface area contributed by atoms with E-state index in [1.165, 1.54) is 49.4 Å². The number of fused-ring (bicyclic) bond motifs is 5. The Kier molecular flexibility index (Phi) is 5.96. The molecule has 0 aromatic carbocycles. The lowest BCUT2D eigenvalue weighted by atomic mass is 9.48. The summed E-state index contributed by atoms with van der Waals surface area (Å²) in [6, 6.07) is 0.968. The molecular weight excluding hydrogens is 425 g/mol. The normalized spacial score (nSPS) is 43.0. The van der Waals surface area contributed by atoms with Gasteiger partial charge in [0, 0.05) is 12.1 Å². The van der Waals surface area contributed by atoms with Gasteiger partial charge in [-0.3, -0.25) is 9.48 Å². The predicted molar refractivity (Wildman–Crippen MR) is 121 cm³/mol. The maximum Gasteiger partial charge on any atom is 0.435 e. The van der Waals surface area contributed by atoms with Crippen LogP contribution in [0.2, 0.25) is 0 Å². The van der Waals surface area contributed by atoms with Crippen molar-refractivity contribution in [3.8, 4) is 0 Å². The van der Waals surface area contributed by atoms with Gasteiger partial charge in [-0.25, -0.2) is 0 Å². The number of carbonyl (C=O) groups is 1. The van der Waals surface area contributed by atoms with Crippen molar-refractivity contribution in [2.45, 2.75) is 91.3 Å². The van der Waals surface area contributed by atoms with Crippen LogP contribution in [0.4, 0.5) is 13.2 Å². The van der Waals surface area contributed by atoms with Crippen molar-refractivity contribution in [2.75, 3.05) is 0 Å². The molecule has 0 aliphatic heterocycles. The molecule has 5 rings (SSSR count). The average Bonchev–Trinajstić information content (AvgIpc) is 3.35. The number of nitrogens with zero attached hydrogens (tertiary/aromatic N) is 2. The third-order valence-electron chi connectivity index (χ3n) is 10.5. The Morgan fingerprint density at radius 2 is 1.88 bits per heavy atom. The molecule has 0 bridgehead atoms. The SMILES string of the molecule is CC[C@@H]1C[C@H](C(=O)Cn2ccc(C(F)(F)F)n2)[C@@]2(C)CCC3[C@@H](CC[C@@H]4C[C@@H](C)CC[C@H]34)C12. The molecule has 3 nitrogen and oxygen atoms in total. The number of halogens is 3. The van der Waals surface area contributed by atoms with Crippen molar-refractivity contribution >= 4 is 5.78 Å². The van der Waals surface area contributed by atoms with E-state index in [1.807, 2.05) is 0 Å². The zero-order chi connectivity index (χ0) is 23.5. The molecule has 4 aliphatic rings. The Labute approximate surface area is 195 Å². The molecule has 0 spiro atoms. The van der Waals surface area contributed by atoms with Gasteiger partial charge in [0.25, 0.3) is 0 Å². The predicted octanol–water partition coefficient (Wildman–Crippen LogP) is 7.01. The van der Waals surface area contributed by atoms with Gasteiger partial charge in [-0.1, -0.05) is 33.6 Å². The highest BCUT2D eigenvalue weighted by Crippen LogP contribution is 2.66. The summed E-state index contributed by atoms with van der Waals surface area (Å²) < 4.78 is 40.1. The summed E-state index contributed by atoms with van der Waals surface area (Å²) in [6.07, 6.45) is 7.97. The molecule has 0 saturated heterocycles. The molecular formula is C27H39F3N2O. The lowest BCUT2D eigenvalue weighted by Crippen LogP contribution is -2.50. The van der Waals surface area contributed by atoms with Crippen LogP contribution in [0.1, 0.15) is 84.3 Å². The maximum atomic E-state index is 13.5. The van der Waals surface area contributed by atoms with Crippen LogP contribution in [0.15, 0.2) is 12.3 Å². The third kappa shape index (κ3) is 3.97. The van der Waals surface area contributed by atoms with Crippen molar-refractivity contribution in [1.29, 1.82) is 0 Å². The van der Waals surface area contributed by atoms with Crippen LogP contribution >= 0.6 is 0 Å². The first-order valence-electron chi connectivity index (χ1n) is 13.2. The minimum Gasteiger partial charge on any atom is -0.297 e. The molecule has 1 heterocycles. The van der Waals surface area contributed by atoms with E-state index < -0.39 is 11.9 Å². The Hall–Kier alpha value is -1.33. The maximum absolute atomic E-state index is 13.5. The fourth-order valence-electron chi connectivity index (χ4n) is 9.17. The highest BCUT2D eigenvalue weighted by molar-refractivity contribution is 5.82. The van der Waals surface area contributed by atoms with Gasteiger partial charge in [0.05, 0.1) is 6.54 Å². The van der Waals surface area contributed by atoms with Crippen molar-refractivity contribution in [3.63, 3.8) is 0 Å². The largest absolute Gasteiger partial charge is 0.435 e. The fraction of sp³-hybridized carbons (Fsp3) is 0.852. The molecule has 33 heavy (non-hydrogen) atoms. The molecule has 4 fully saturated rings. The second-order valence-electron chi connectivity index (χ2n) is 12.1. The number of alkyl halides is 3. The van der Waals surface area contributed by atoms with Crippen molar-refractivity contribution < 1.29 is 18.0 Å². The lowest BCUT2D eigenvalue weighted by molar-refractivity contribution is -0.142. The summed E-state index contributed by atoms with van der Waals surface area (Å²) in [5.41, 5.74) is -0.940. The number of rotatable bonds is 4. The van der Waals surface area contributed by atoms with Crippen molar-refractivity contribution in [1.82, 2.24) is 9.78 Å². The second-order valence-corrected chi connectivity index (χ2v) is 12.1. The number of aromatic nitrogens is 2. The molecule has 6 heteroatoms. The van der Waals surface area contributed by atoms with Crippen LogP contribution in [-0.4, -0.2) is 15.6 Å². The summed E-state index contributed by atoms with van der Waals surface area (Å²) >= 11 is 0. The molecule has 0 N–H and O–H groups in total. The van der Waals surface area contributed by atoms with Gasteiger partial charge >= 0.3 is 6.18 Å². The fourth-order valence-corrected chi connectivity index (χ4v) is 9.17. The molecule has 4 aliphatic carbocycles. The zero-order valence-electron chi connectivity index (χ0n) is 20.3. The van der Waals surface area contributed by atoms with Gasteiger partial charge in [-0.15, -0.1) is 0 Å². The number of Topliss-reactive ketones (excluding diaryl/α,β-unsaturated/α-hetero) is 1. The van der Waals surface area contributed by atoms with E-state index in [2.05, 4.69) is 25.9 Å². The summed E-state index contributed by atoms with van der Waals surface area (Å²) in [7, 11) is 0. The van der Waals surface area contributed by atoms with E-state index in [0.29, 0.717) is 11.8 Å². The first-order chi connectivity index (χ1) is 15.6. The third-order valence-corrected chi connectivity index (χ3v) is 10.5. The molecule has 2 unspecified atom stereocenters. The Morgan fingerprint density at radius 3 is 2.58 bits per heavy atom. The van der Waals surface area contributed by atoms with Gasteiger partial charge in [-0.05, 0) is 97.9 Å². The molecule has 1 aromatic heterocycles. The van der Waals surface area contributed by atoms with E-state index in [4.69, 9.17) is 0 Å². The first kappa shape index (κ1) is 23.4. The number of hydrogen-bond donors (Lipinski definition) is 0. The van der Waals surface area contributed by atoms with Gasteiger partial charge in [0.2, 0.25) is 0 Å². The van der Waals surface area contributed by atoms with Crippen LogP contribution in [0.5, 0.6) is 0 Å². The Balaban J connectivity index is 1.35. The average molecular weight is 465 g/mol. The van der Waals surface area contributed by atoms with E-state index >= 15 is 0 Å². The van der Waals surface area contributed by atoms with Crippen molar-refractivity contribution in [2.24, 2.45) is 52.8 Å². The summed E-state index contributed by atoms with van der Waals surface area (Å²) in [4.78, 5) is 13.5. The second kappa shape index (κ2) is 8.41. The first-order valence-corrected chi connectivity index (χ1v) is 13.2. The van der Waals surface area contributed by atoms with Crippen LogP contribution in [0, 0.1) is 52.8 Å². The molecule has 9 atom stereocenters. The highest BCUT2D eigenvalue weighted by atomic mass is 19.4. The van der Waals surface area contributed by atoms with Crippen LogP contribution in [-0.2, 0) is 17.5 Å². The standard InChI is InChI=1S/C27H39F3N2O/c1-4-17-14-22(23(33)15-32-12-10-24(31-32)27(28,29)30)26(3)11-9-20-19-7-5-16(2)13-18(19)6-8-21(20)25(17)26/h10,12,16-22,25H,4-9,11,13-15H2,1-3H3/t16-,17+,18+,19-,20?,21+,22+,25?,26+/m0/s1. The molecule has 0 amide bonds. The topological polar surface area (TPSA) is 34.9 Å². The van der Waals surface area contributed by atoms with E-state index in [-0.39, 0.29) is 23.7 Å². The Morgan fingerprint density at radius 1 is 1.12 bits per heavy atom. The zero-order valence-corrected chi connectivity index (χ0v) is 20.3. The van der Waals surface area contributed by atoms with Gasteiger partial charge < -0.3 is 0 Å². The summed E-state index contributed by atoms with van der Waals surface area (Å²) in [5, 5.41) is 3.65. The lowest BCUT2D eigenvalue weighted by Gasteiger charge is -2.57. The Bertz CT molecular complexity index is 879. The number of ketones is 1. The van der Waals surface area contributed by atoms with E-state index in [1.54, 1.807) is 0 Å². The van der Waals surface area contributed by atoms with Crippen LogP contribution in [0.3, 0.4) is 0 Å². The van der Waals surface area contributed by atoms with Crippen LogP contribution in [0.25, 0.3) is 0 Å². The molecule has 0 radical (unpaired) electrons. The quantitative estimate of drug-likeness (QED) is 0.480. The minimum atomic E-state index is -4.47.